The molecule has 2 aromatic heterocycles. The third-order valence-electron chi connectivity index (χ3n) is 2.91. The van der Waals surface area contributed by atoms with Crippen LogP contribution in [0.2, 0.25) is 0 Å². The van der Waals surface area contributed by atoms with Crippen LogP contribution in [0, 0.1) is 0 Å². The number of ether oxygens (including phenoxy) is 1. The fraction of sp³-hybridized carbons (Fsp3) is 0.214. The van der Waals surface area contributed by atoms with Crippen LogP contribution in [0.25, 0.3) is 10.9 Å². The first-order valence-corrected chi connectivity index (χ1v) is 7.10. The van der Waals surface area contributed by atoms with Gasteiger partial charge in [-0.3, -0.25) is 5.10 Å². The lowest BCUT2D eigenvalue weighted by atomic mass is 10.2. The van der Waals surface area contributed by atoms with Crippen LogP contribution in [0.5, 0.6) is 5.75 Å². The second-order valence-corrected chi connectivity index (χ2v) is 4.77. The van der Waals surface area contributed by atoms with Gasteiger partial charge in [-0.15, -0.1) is 11.6 Å². The normalized spacial score (nSPS) is 10.7. The first-order chi connectivity index (χ1) is 10.4. The van der Waals surface area contributed by atoms with Gasteiger partial charge in [-0.1, -0.05) is 0 Å². The van der Waals surface area contributed by atoms with Crippen molar-refractivity contribution < 1.29 is 4.74 Å². The Kier molecular flexibility index (Phi) is 4.16. The van der Waals surface area contributed by atoms with Crippen LogP contribution in [0.1, 0.15) is 6.42 Å². The van der Waals surface area contributed by atoms with Crippen LogP contribution < -0.4 is 10.1 Å². The van der Waals surface area contributed by atoms with Gasteiger partial charge in [0.2, 0.25) is 0 Å². The van der Waals surface area contributed by atoms with E-state index in [4.69, 9.17) is 16.3 Å². The predicted octanol–water partition coefficient (Wildman–Crippen LogP) is 3.10. The molecule has 3 aromatic rings. The summed E-state index contributed by atoms with van der Waals surface area (Å²) in [6, 6.07) is 7.56. The molecule has 3 rings (SSSR count). The highest BCUT2D eigenvalue weighted by Gasteiger charge is 2.06. The van der Waals surface area contributed by atoms with Gasteiger partial charge in [0, 0.05) is 23.4 Å². The van der Waals surface area contributed by atoms with E-state index < -0.39 is 0 Å². The van der Waals surface area contributed by atoms with Crippen LogP contribution in [0.4, 0.5) is 11.6 Å². The number of H-pyrrole nitrogens is 1. The van der Waals surface area contributed by atoms with E-state index >= 15 is 0 Å². The Morgan fingerprint density at radius 1 is 1.24 bits per heavy atom. The highest BCUT2D eigenvalue weighted by Crippen LogP contribution is 2.25. The summed E-state index contributed by atoms with van der Waals surface area (Å²) in [5.74, 6) is 2.86. The van der Waals surface area contributed by atoms with Crippen molar-refractivity contribution in [2.75, 3.05) is 17.8 Å². The quantitative estimate of drug-likeness (QED) is 0.540. The molecule has 7 heteroatoms. The topological polar surface area (TPSA) is 75.7 Å². The second-order valence-electron chi connectivity index (χ2n) is 4.39. The molecule has 0 unspecified atom stereocenters. The van der Waals surface area contributed by atoms with Crippen molar-refractivity contribution in [1.29, 1.82) is 0 Å². The Hall–Kier alpha value is -2.34. The Labute approximate surface area is 126 Å². The van der Waals surface area contributed by atoms with E-state index in [0.717, 1.165) is 34.7 Å². The van der Waals surface area contributed by atoms with Crippen molar-refractivity contribution in [2.45, 2.75) is 6.42 Å². The zero-order chi connectivity index (χ0) is 14.5. The first kappa shape index (κ1) is 13.6. The molecule has 0 amide bonds. The predicted molar refractivity (Wildman–Crippen MR) is 82.2 cm³/mol. The number of halogens is 1. The molecule has 0 bridgehead atoms. The lowest BCUT2D eigenvalue weighted by molar-refractivity contribution is 0.318. The number of hydrogen-bond donors (Lipinski definition) is 2. The molecule has 21 heavy (non-hydrogen) atoms. The molecule has 2 heterocycles. The zero-order valence-electron chi connectivity index (χ0n) is 11.2. The Morgan fingerprint density at radius 3 is 3.00 bits per heavy atom. The van der Waals surface area contributed by atoms with Gasteiger partial charge in [0.05, 0.1) is 18.3 Å². The number of aromatic amines is 1. The summed E-state index contributed by atoms with van der Waals surface area (Å²) in [6.45, 7) is 0.597. The fourth-order valence-electron chi connectivity index (χ4n) is 1.92. The van der Waals surface area contributed by atoms with Crippen LogP contribution >= 0.6 is 11.6 Å². The number of fused-ring (bicyclic) bond motifs is 1. The largest absolute Gasteiger partial charge is 0.493 e. The van der Waals surface area contributed by atoms with Gasteiger partial charge < -0.3 is 10.1 Å². The molecule has 0 aliphatic heterocycles. The smallest absolute Gasteiger partial charge is 0.142 e. The van der Waals surface area contributed by atoms with Gasteiger partial charge in [0.25, 0.3) is 0 Å². The molecule has 0 radical (unpaired) electrons. The van der Waals surface area contributed by atoms with Crippen LogP contribution in [0.15, 0.2) is 36.8 Å². The maximum atomic E-state index is 5.63. The molecule has 0 fully saturated rings. The van der Waals surface area contributed by atoms with Crippen molar-refractivity contribution in [2.24, 2.45) is 0 Å². The molecule has 108 valence electrons. The number of benzene rings is 1. The summed E-state index contributed by atoms with van der Waals surface area (Å²) in [5, 5.41) is 10.8. The monoisotopic (exact) mass is 303 g/mol. The van der Waals surface area contributed by atoms with Crippen LogP contribution in [0.3, 0.4) is 0 Å². The third kappa shape index (κ3) is 3.22. The van der Waals surface area contributed by atoms with E-state index in [-0.39, 0.29) is 0 Å². The molecule has 0 atom stereocenters. The average Bonchev–Trinajstić information content (AvgIpc) is 3.01. The molecule has 0 aliphatic carbocycles. The summed E-state index contributed by atoms with van der Waals surface area (Å²) >= 11 is 5.63. The molecule has 1 aromatic carbocycles. The average molecular weight is 304 g/mol. The number of anilines is 2. The number of alkyl halides is 1. The van der Waals surface area contributed by atoms with E-state index in [9.17, 15) is 0 Å². The maximum Gasteiger partial charge on any atom is 0.142 e. The van der Waals surface area contributed by atoms with Crippen molar-refractivity contribution >= 4 is 34.1 Å². The minimum Gasteiger partial charge on any atom is -0.493 e. The zero-order valence-corrected chi connectivity index (χ0v) is 12.0. The van der Waals surface area contributed by atoms with Crippen molar-refractivity contribution in [3.63, 3.8) is 0 Å². The first-order valence-electron chi connectivity index (χ1n) is 6.57. The lowest BCUT2D eigenvalue weighted by Crippen LogP contribution is -1.99. The minimum absolute atomic E-state index is 0.591. The van der Waals surface area contributed by atoms with Gasteiger partial charge in [0.15, 0.2) is 0 Å². The van der Waals surface area contributed by atoms with Gasteiger partial charge in [-0.25, -0.2) is 9.97 Å². The molecule has 0 spiro atoms. The van der Waals surface area contributed by atoms with E-state index in [1.54, 1.807) is 6.20 Å². The Morgan fingerprint density at radius 2 is 2.19 bits per heavy atom. The van der Waals surface area contributed by atoms with Crippen molar-refractivity contribution in [3.8, 4) is 5.75 Å². The number of rotatable bonds is 6. The van der Waals surface area contributed by atoms with Gasteiger partial charge in [-0.2, -0.15) is 5.10 Å². The maximum absolute atomic E-state index is 5.63. The highest BCUT2D eigenvalue weighted by atomic mass is 35.5. The third-order valence-corrected chi connectivity index (χ3v) is 3.18. The molecule has 0 aliphatic rings. The van der Waals surface area contributed by atoms with Crippen molar-refractivity contribution in [3.05, 3.63) is 36.8 Å². The lowest BCUT2D eigenvalue weighted by Gasteiger charge is -2.09. The van der Waals surface area contributed by atoms with E-state index in [0.29, 0.717) is 12.5 Å². The van der Waals surface area contributed by atoms with Crippen LogP contribution in [-0.4, -0.2) is 32.7 Å². The molecule has 6 nitrogen and oxygen atoms in total. The summed E-state index contributed by atoms with van der Waals surface area (Å²) in [5.41, 5.74) is 0.815. The number of nitrogens with one attached hydrogen (secondary N) is 2. The molecule has 2 N–H and O–H groups in total. The summed E-state index contributed by atoms with van der Waals surface area (Å²) < 4.78 is 5.62. The number of aromatic nitrogens is 4. The minimum atomic E-state index is 0.591. The highest BCUT2D eigenvalue weighted by molar-refractivity contribution is 6.17. The Balaban J connectivity index is 1.86. The summed E-state index contributed by atoms with van der Waals surface area (Å²) in [6.07, 6.45) is 4.01. The SMILES string of the molecule is ClCCCOc1ccc2c(Nc3ccn[nH]3)ncnc2c1. The van der Waals surface area contributed by atoms with Crippen molar-refractivity contribution in [1.82, 2.24) is 20.2 Å². The number of hydrogen-bond acceptors (Lipinski definition) is 5. The fourth-order valence-corrected chi connectivity index (χ4v) is 2.03. The number of nitrogens with zero attached hydrogens (tertiary/aromatic N) is 3. The van der Waals surface area contributed by atoms with Crippen LogP contribution in [-0.2, 0) is 0 Å². The molecular weight excluding hydrogens is 290 g/mol. The van der Waals surface area contributed by atoms with E-state index in [2.05, 4.69) is 25.5 Å². The Bertz CT molecular complexity index is 716. The molecule has 0 saturated carbocycles. The summed E-state index contributed by atoms with van der Waals surface area (Å²) in [7, 11) is 0. The van der Waals surface area contributed by atoms with Gasteiger partial charge >= 0.3 is 0 Å². The standard InChI is InChI=1S/C14H14ClN5O/c15-5-1-7-21-10-2-3-11-12(8-10)16-9-17-14(11)19-13-4-6-18-20-13/h2-4,6,8-9H,1,5,7H2,(H2,16,17,18,19,20). The van der Waals surface area contributed by atoms with Gasteiger partial charge in [0.1, 0.15) is 23.7 Å². The van der Waals surface area contributed by atoms with E-state index in [1.165, 1.54) is 6.33 Å². The van der Waals surface area contributed by atoms with E-state index in [1.807, 2.05) is 24.3 Å². The van der Waals surface area contributed by atoms with Gasteiger partial charge in [-0.05, 0) is 18.6 Å². The second kappa shape index (κ2) is 6.41. The molecular formula is C14H14ClN5O. The molecule has 0 saturated heterocycles. The summed E-state index contributed by atoms with van der Waals surface area (Å²) in [4.78, 5) is 8.54.